The van der Waals surface area contributed by atoms with Crippen molar-refractivity contribution in [3.8, 4) is 0 Å². The van der Waals surface area contributed by atoms with E-state index in [1.165, 1.54) is 6.42 Å². The number of rotatable bonds is 2. The van der Waals surface area contributed by atoms with E-state index in [2.05, 4.69) is 25.4 Å². The van der Waals surface area contributed by atoms with Gasteiger partial charge in [0.1, 0.15) is 0 Å². The van der Waals surface area contributed by atoms with Crippen molar-refractivity contribution >= 4 is 6.21 Å². The van der Waals surface area contributed by atoms with E-state index in [9.17, 15) is 0 Å². The summed E-state index contributed by atoms with van der Waals surface area (Å²) >= 11 is 0. The van der Waals surface area contributed by atoms with Gasteiger partial charge in [0.15, 0.2) is 0 Å². The Balaban J connectivity index is 0. The van der Waals surface area contributed by atoms with Gasteiger partial charge < -0.3 is 0 Å². The fourth-order valence-electron chi connectivity index (χ4n) is 0.433. The molecule has 0 aliphatic rings. The zero-order valence-electron chi connectivity index (χ0n) is 8.09. The fourth-order valence-corrected chi connectivity index (χ4v) is 0.433. The molecule has 0 radical (unpaired) electrons. The molecule has 0 aromatic heterocycles. The lowest BCUT2D eigenvalue weighted by Crippen LogP contribution is -1.73. The number of allylic oxidation sites excluding steroid dienone is 3. The molecule has 0 aromatic rings. The summed E-state index contributed by atoms with van der Waals surface area (Å²) < 4.78 is 0. The maximum absolute atomic E-state index is 3.81. The van der Waals surface area contributed by atoms with Gasteiger partial charge in [0, 0.05) is 13.3 Å². The summed E-state index contributed by atoms with van der Waals surface area (Å²) in [4.78, 5) is 3.81. The summed E-state index contributed by atoms with van der Waals surface area (Å²) in [5, 5.41) is 0. The molecule has 0 bridgehead atoms. The van der Waals surface area contributed by atoms with Crippen LogP contribution in [0.2, 0.25) is 0 Å². The standard InChI is InChI=1S/C7H11N.C3H8/c1-4-5-7(2)6-8-3;1-3-2/h4-6H,1H2,2-3H3;3H2,1-2H3/b7-5-,8-6?;. The predicted octanol–water partition coefficient (Wildman–Crippen LogP) is 3.24. The Hall–Kier alpha value is -0.850. The molecule has 0 saturated heterocycles. The summed E-state index contributed by atoms with van der Waals surface area (Å²) in [6.07, 6.45) is 6.70. The van der Waals surface area contributed by atoms with Gasteiger partial charge in [0.2, 0.25) is 0 Å². The highest BCUT2D eigenvalue weighted by atomic mass is 14.6. The van der Waals surface area contributed by atoms with Crippen molar-refractivity contribution in [2.24, 2.45) is 4.99 Å². The molecule has 1 nitrogen and oxygen atoms in total. The molecule has 0 aromatic carbocycles. The van der Waals surface area contributed by atoms with Crippen molar-refractivity contribution < 1.29 is 0 Å². The highest BCUT2D eigenvalue weighted by molar-refractivity contribution is 5.77. The first kappa shape index (κ1) is 12.8. The van der Waals surface area contributed by atoms with Crippen molar-refractivity contribution in [2.75, 3.05) is 7.05 Å². The Labute approximate surface area is 70.5 Å². The summed E-state index contributed by atoms with van der Waals surface area (Å²) in [7, 11) is 1.75. The van der Waals surface area contributed by atoms with Crippen molar-refractivity contribution in [1.29, 1.82) is 0 Å². The van der Waals surface area contributed by atoms with E-state index in [0.29, 0.717) is 0 Å². The molecule has 0 saturated carbocycles. The van der Waals surface area contributed by atoms with Crippen LogP contribution >= 0.6 is 0 Å². The highest BCUT2D eigenvalue weighted by Crippen LogP contribution is 1.85. The summed E-state index contributed by atoms with van der Waals surface area (Å²) in [6.45, 7) is 9.78. The Kier molecular flexibility index (Phi) is 13.8. The SMILES string of the molecule is C=C/C=C(/C)C=NC.CCC. The zero-order chi connectivity index (χ0) is 9.11. The zero-order valence-corrected chi connectivity index (χ0v) is 8.09. The molecule has 0 amide bonds. The number of hydrogen-bond donors (Lipinski definition) is 0. The van der Waals surface area contributed by atoms with Crippen molar-refractivity contribution in [2.45, 2.75) is 27.2 Å². The lowest BCUT2D eigenvalue weighted by Gasteiger charge is -1.81. The molecule has 0 aliphatic heterocycles. The maximum Gasteiger partial charge on any atom is 0.0277 e. The first-order valence-corrected chi connectivity index (χ1v) is 3.94. The molecule has 1 heteroatoms. The van der Waals surface area contributed by atoms with Crippen LogP contribution in [0.25, 0.3) is 0 Å². The van der Waals surface area contributed by atoms with E-state index in [0.717, 1.165) is 5.57 Å². The predicted molar refractivity (Wildman–Crippen MR) is 54.3 cm³/mol. The average Bonchev–Trinajstić information content (AvgIpc) is 1.90. The smallest absolute Gasteiger partial charge is 0.0277 e. The highest BCUT2D eigenvalue weighted by Gasteiger charge is 1.73. The van der Waals surface area contributed by atoms with E-state index in [4.69, 9.17) is 0 Å². The third-order valence-corrected chi connectivity index (χ3v) is 0.713. The van der Waals surface area contributed by atoms with E-state index in [1.807, 2.05) is 13.0 Å². The average molecular weight is 153 g/mol. The van der Waals surface area contributed by atoms with Crippen LogP contribution in [0.1, 0.15) is 27.2 Å². The van der Waals surface area contributed by atoms with Crippen LogP contribution < -0.4 is 0 Å². The minimum absolute atomic E-state index is 1.13. The monoisotopic (exact) mass is 153 g/mol. The molecule has 0 spiro atoms. The van der Waals surface area contributed by atoms with Crippen LogP contribution in [0, 0.1) is 0 Å². The summed E-state index contributed by atoms with van der Waals surface area (Å²) in [5.41, 5.74) is 1.13. The van der Waals surface area contributed by atoms with E-state index in [1.54, 1.807) is 19.3 Å². The van der Waals surface area contributed by atoms with Gasteiger partial charge >= 0.3 is 0 Å². The normalized spacial score (nSPS) is 10.7. The third kappa shape index (κ3) is 17.6. The van der Waals surface area contributed by atoms with Crippen LogP contribution in [0.4, 0.5) is 0 Å². The Morgan fingerprint density at radius 3 is 2.18 bits per heavy atom. The molecule has 0 unspecified atom stereocenters. The van der Waals surface area contributed by atoms with Gasteiger partial charge in [-0.2, -0.15) is 0 Å². The first-order valence-electron chi connectivity index (χ1n) is 3.94. The first-order chi connectivity index (χ1) is 5.22. The summed E-state index contributed by atoms with van der Waals surface area (Å²) in [5.74, 6) is 0. The van der Waals surface area contributed by atoms with Crippen LogP contribution in [0.3, 0.4) is 0 Å². The number of aliphatic imine (C=N–C) groups is 1. The Morgan fingerprint density at radius 2 is 1.91 bits per heavy atom. The van der Waals surface area contributed by atoms with Crippen molar-refractivity contribution in [1.82, 2.24) is 0 Å². The summed E-state index contributed by atoms with van der Waals surface area (Å²) in [6, 6.07) is 0. The second kappa shape index (κ2) is 11.9. The maximum atomic E-state index is 3.81. The number of hydrogen-bond acceptors (Lipinski definition) is 1. The van der Waals surface area contributed by atoms with Gasteiger partial charge in [-0.3, -0.25) is 4.99 Å². The Bertz CT molecular complexity index is 132. The minimum atomic E-state index is 1.13. The molecule has 0 rings (SSSR count). The molecule has 64 valence electrons. The van der Waals surface area contributed by atoms with Crippen LogP contribution in [0.5, 0.6) is 0 Å². The lowest BCUT2D eigenvalue weighted by atomic mass is 10.3. The molecule has 11 heavy (non-hydrogen) atoms. The molecule has 0 N–H and O–H groups in total. The van der Waals surface area contributed by atoms with Gasteiger partial charge in [0.05, 0.1) is 0 Å². The second-order valence-corrected chi connectivity index (χ2v) is 2.24. The molecular weight excluding hydrogens is 134 g/mol. The van der Waals surface area contributed by atoms with Gasteiger partial charge in [-0.15, -0.1) is 0 Å². The quantitative estimate of drug-likeness (QED) is 0.426. The topological polar surface area (TPSA) is 12.4 Å². The third-order valence-electron chi connectivity index (χ3n) is 0.713. The van der Waals surface area contributed by atoms with Crippen molar-refractivity contribution in [3.63, 3.8) is 0 Å². The molecule has 0 heterocycles. The van der Waals surface area contributed by atoms with Gasteiger partial charge in [-0.25, -0.2) is 0 Å². The molecule has 0 fully saturated rings. The van der Waals surface area contributed by atoms with E-state index >= 15 is 0 Å². The fraction of sp³-hybridized carbons (Fsp3) is 0.500. The van der Waals surface area contributed by atoms with Gasteiger partial charge in [-0.1, -0.05) is 39.0 Å². The number of nitrogens with zero attached hydrogens (tertiary/aromatic N) is 1. The minimum Gasteiger partial charge on any atom is -0.296 e. The van der Waals surface area contributed by atoms with Crippen LogP contribution in [-0.4, -0.2) is 13.3 Å². The Morgan fingerprint density at radius 1 is 1.45 bits per heavy atom. The largest absolute Gasteiger partial charge is 0.296 e. The molecule has 0 aliphatic carbocycles. The van der Waals surface area contributed by atoms with E-state index < -0.39 is 0 Å². The van der Waals surface area contributed by atoms with E-state index in [-0.39, 0.29) is 0 Å². The second-order valence-electron chi connectivity index (χ2n) is 2.24. The van der Waals surface area contributed by atoms with Crippen LogP contribution in [0.15, 0.2) is 29.3 Å². The molecule has 0 atom stereocenters. The van der Waals surface area contributed by atoms with Gasteiger partial charge in [0.25, 0.3) is 0 Å². The van der Waals surface area contributed by atoms with Crippen LogP contribution in [-0.2, 0) is 0 Å². The van der Waals surface area contributed by atoms with Crippen molar-refractivity contribution in [3.05, 3.63) is 24.3 Å². The molecular formula is C10H19N. The lowest BCUT2D eigenvalue weighted by molar-refractivity contribution is 1.09. The van der Waals surface area contributed by atoms with Gasteiger partial charge in [-0.05, 0) is 12.5 Å².